The van der Waals surface area contributed by atoms with Crippen LogP contribution in [0, 0.1) is 0 Å². The second kappa shape index (κ2) is 16.4. The Hall–Kier alpha value is -7.04. The van der Waals surface area contributed by atoms with E-state index in [1.54, 1.807) is 68.6 Å². The average Bonchev–Trinajstić information content (AvgIpc) is 4.11. The van der Waals surface area contributed by atoms with Gasteiger partial charge in [0.05, 0.1) is 59.6 Å². The van der Waals surface area contributed by atoms with Crippen LogP contribution in [0.2, 0.25) is 0 Å². The van der Waals surface area contributed by atoms with Crippen molar-refractivity contribution in [2.75, 3.05) is 0 Å². The number of aromatic nitrogens is 18. The lowest BCUT2D eigenvalue weighted by atomic mass is 9.82. The van der Waals surface area contributed by atoms with E-state index in [9.17, 15) is 0 Å². The number of benzene rings is 2. The predicted octanol–water partition coefficient (Wildman–Crippen LogP) is 4.31. The maximum atomic E-state index is 5.89. The molecule has 1 aliphatic rings. The maximum Gasteiger partial charge on any atom is 0.498 e. The van der Waals surface area contributed by atoms with E-state index < -0.39 is 0 Å². The first-order valence-electron chi connectivity index (χ1n) is 19.4. The van der Waals surface area contributed by atoms with Crippen molar-refractivity contribution in [3.8, 4) is 11.3 Å². The maximum absolute atomic E-state index is 5.89. The summed E-state index contributed by atoms with van der Waals surface area (Å²) >= 11 is 3.31. The summed E-state index contributed by atoms with van der Waals surface area (Å²) in [6.45, 7) is 9.28. The van der Waals surface area contributed by atoms with Gasteiger partial charge in [-0.05, 0) is 79.0 Å². The summed E-state index contributed by atoms with van der Waals surface area (Å²) in [5.41, 5.74) is 8.33. The molecule has 0 spiro atoms. The van der Waals surface area contributed by atoms with Crippen LogP contribution in [0.3, 0.4) is 0 Å². The summed E-state index contributed by atoms with van der Waals surface area (Å²) in [7, 11) is 3.45. The lowest BCUT2D eigenvalue weighted by molar-refractivity contribution is 0.00578. The zero-order valence-electron chi connectivity index (χ0n) is 34.5. The molecule has 0 aliphatic carbocycles. The molecule has 9 heterocycles. The standard InChI is InChI=1S/C17H13N9.C13H8BrN7.C10H17BN2O2/c1-25-9-13(6-21-25)15-7-19-16-17(22-15)26(24-23-16)8-11-2-3-14-12(4-11)5-18-10-20-14;14-11-5-16-12-13(18-11)21(20-19-12)6-8-1-2-10-9(3-8)4-15-7-17-10;1-9(2)10(3,4)15-11(14-9)8-6-12-13(5)7-8/h2-7,9-10H,8H2,1H3;1-5,7H,6H2;6-7H,1-5H3. The number of hydrogen-bond donors (Lipinski definition) is 0. The van der Waals surface area contributed by atoms with Crippen molar-refractivity contribution in [2.45, 2.75) is 52.0 Å². The third-order valence-electron chi connectivity index (χ3n) is 10.5. The molecule has 0 unspecified atom stereocenters. The van der Waals surface area contributed by atoms with Crippen molar-refractivity contribution in [1.29, 1.82) is 0 Å². The minimum absolute atomic E-state index is 0.284. The fraction of sp³-hybridized carbons (Fsp3) is 0.250. The highest BCUT2D eigenvalue weighted by Crippen LogP contribution is 2.36. The fourth-order valence-electron chi connectivity index (χ4n) is 6.55. The normalized spacial score (nSPS) is 14.3. The van der Waals surface area contributed by atoms with Gasteiger partial charge in [0.25, 0.3) is 0 Å². The molecule has 2 aromatic carbocycles. The lowest BCUT2D eigenvalue weighted by Gasteiger charge is -2.32. The summed E-state index contributed by atoms with van der Waals surface area (Å²) < 4.78 is 19.4. The number of fused-ring (bicyclic) bond motifs is 4. The molecule has 1 aliphatic heterocycles. The van der Waals surface area contributed by atoms with Gasteiger partial charge in [0, 0.05) is 66.9 Å². The van der Waals surface area contributed by atoms with Crippen LogP contribution in [0.1, 0.15) is 38.8 Å². The largest absolute Gasteiger partial charge is 0.498 e. The van der Waals surface area contributed by atoms with Gasteiger partial charge in [0.1, 0.15) is 17.3 Å². The highest BCUT2D eigenvalue weighted by atomic mass is 79.9. The van der Waals surface area contributed by atoms with Crippen molar-refractivity contribution in [1.82, 2.24) is 89.4 Å². The van der Waals surface area contributed by atoms with E-state index in [0.717, 1.165) is 49.7 Å². The summed E-state index contributed by atoms with van der Waals surface area (Å²) in [6.07, 6.45) is 17.3. The Morgan fingerprint density at radius 3 is 1.73 bits per heavy atom. The first-order chi connectivity index (χ1) is 29.9. The first-order valence-corrected chi connectivity index (χ1v) is 20.2. The van der Waals surface area contributed by atoms with Gasteiger partial charge < -0.3 is 9.31 Å². The van der Waals surface area contributed by atoms with Gasteiger partial charge in [0.15, 0.2) is 11.3 Å². The Balaban J connectivity index is 0.000000123. The van der Waals surface area contributed by atoms with E-state index in [4.69, 9.17) is 9.31 Å². The molecule has 0 bridgehead atoms. The summed E-state index contributed by atoms with van der Waals surface area (Å²) in [6, 6.07) is 12.0. The minimum Gasteiger partial charge on any atom is -0.399 e. The van der Waals surface area contributed by atoms with Crippen molar-refractivity contribution >= 4 is 72.9 Å². The molecule has 1 saturated heterocycles. The monoisotopic (exact) mass is 892 g/mol. The molecule has 10 aromatic rings. The second-order valence-corrected chi connectivity index (χ2v) is 16.3. The van der Waals surface area contributed by atoms with Crippen molar-refractivity contribution in [3.63, 3.8) is 0 Å². The molecule has 0 radical (unpaired) electrons. The topological polar surface area (TPSA) is 219 Å². The fourth-order valence-corrected chi connectivity index (χ4v) is 6.82. The van der Waals surface area contributed by atoms with E-state index in [1.807, 2.05) is 90.6 Å². The summed E-state index contributed by atoms with van der Waals surface area (Å²) in [4.78, 5) is 34.1. The van der Waals surface area contributed by atoms with Gasteiger partial charge in [0.2, 0.25) is 11.3 Å². The third kappa shape index (κ3) is 8.47. The zero-order chi connectivity index (χ0) is 43.0. The van der Waals surface area contributed by atoms with Gasteiger partial charge in [-0.15, -0.1) is 10.2 Å². The van der Waals surface area contributed by atoms with E-state index in [1.165, 1.54) is 0 Å². The Labute approximate surface area is 362 Å². The first kappa shape index (κ1) is 40.4. The molecular formula is C40H38BBrN18O2. The van der Waals surface area contributed by atoms with E-state index in [0.29, 0.717) is 40.3 Å². The summed E-state index contributed by atoms with van der Waals surface area (Å²) in [5, 5.41) is 26.7. The van der Waals surface area contributed by atoms with Gasteiger partial charge in [-0.1, -0.05) is 22.6 Å². The molecule has 22 heteroatoms. The van der Waals surface area contributed by atoms with E-state index in [-0.39, 0.29) is 18.3 Å². The van der Waals surface area contributed by atoms with Gasteiger partial charge in [-0.2, -0.15) is 10.2 Å². The summed E-state index contributed by atoms with van der Waals surface area (Å²) in [5.74, 6) is 0. The van der Waals surface area contributed by atoms with Crippen LogP contribution in [0.15, 0.2) is 103 Å². The number of aryl methyl sites for hydroxylation is 2. The molecule has 20 nitrogen and oxygen atoms in total. The number of nitrogens with zero attached hydrogens (tertiary/aromatic N) is 18. The third-order valence-corrected chi connectivity index (χ3v) is 10.9. The molecule has 0 saturated carbocycles. The molecule has 8 aromatic heterocycles. The van der Waals surface area contributed by atoms with Crippen LogP contribution >= 0.6 is 15.9 Å². The van der Waals surface area contributed by atoms with Gasteiger partial charge in [-0.25, -0.2) is 49.2 Å². The number of halogens is 1. The smallest absolute Gasteiger partial charge is 0.399 e. The average molecular weight is 894 g/mol. The van der Waals surface area contributed by atoms with Crippen LogP contribution in [-0.2, 0) is 36.5 Å². The molecule has 0 N–H and O–H groups in total. The molecular weight excluding hydrogens is 855 g/mol. The number of rotatable bonds is 6. The SMILES string of the molecule is Brc1cnc2nnn(Cc3ccc4ncncc4c3)c2n1.Cn1cc(-c2cnc3nnn(Cc4ccc5ncncc5c4)c3n2)cn1.Cn1cc(B2OC(C)(C)C(C)(C)O2)cn1. The molecule has 1 fully saturated rings. The predicted molar refractivity (Wildman–Crippen MR) is 232 cm³/mol. The number of hydrogen-bond acceptors (Lipinski definition) is 16. The van der Waals surface area contributed by atoms with Crippen molar-refractivity contribution in [3.05, 3.63) is 114 Å². The quantitative estimate of drug-likeness (QED) is 0.212. The van der Waals surface area contributed by atoms with Crippen LogP contribution in [-0.4, -0.2) is 108 Å². The van der Waals surface area contributed by atoms with Gasteiger partial charge >= 0.3 is 7.12 Å². The Morgan fingerprint density at radius 1 is 0.629 bits per heavy atom. The molecule has 0 amide bonds. The van der Waals surface area contributed by atoms with Crippen molar-refractivity contribution < 1.29 is 9.31 Å². The highest BCUT2D eigenvalue weighted by molar-refractivity contribution is 9.10. The zero-order valence-corrected chi connectivity index (χ0v) is 36.1. The Bertz CT molecular complexity index is 3180. The second-order valence-electron chi connectivity index (χ2n) is 15.5. The molecule has 62 heavy (non-hydrogen) atoms. The van der Waals surface area contributed by atoms with Crippen LogP contribution in [0.4, 0.5) is 0 Å². The lowest BCUT2D eigenvalue weighted by Crippen LogP contribution is -2.41. The van der Waals surface area contributed by atoms with Crippen molar-refractivity contribution in [2.24, 2.45) is 14.1 Å². The molecule has 310 valence electrons. The Kier molecular flexibility index (Phi) is 10.7. The Morgan fingerprint density at radius 2 is 1.18 bits per heavy atom. The van der Waals surface area contributed by atoms with Gasteiger partial charge in [-0.3, -0.25) is 9.36 Å². The van der Waals surface area contributed by atoms with E-state index in [2.05, 4.69) is 86.6 Å². The van der Waals surface area contributed by atoms with Crippen LogP contribution in [0.25, 0.3) is 55.7 Å². The van der Waals surface area contributed by atoms with Crippen LogP contribution in [0.5, 0.6) is 0 Å². The molecule has 0 atom stereocenters. The molecule has 11 rings (SSSR count). The van der Waals surface area contributed by atoms with Crippen LogP contribution < -0.4 is 5.46 Å². The van der Waals surface area contributed by atoms with E-state index >= 15 is 0 Å². The highest BCUT2D eigenvalue weighted by Gasteiger charge is 2.52. The minimum atomic E-state index is -0.302.